The average molecular weight is 769 g/mol. The minimum Gasteiger partial charge on any atom is -0.455 e. The van der Waals surface area contributed by atoms with Crippen molar-refractivity contribution in [1.29, 1.82) is 0 Å². The molecule has 1 heterocycles. The van der Waals surface area contributed by atoms with E-state index in [4.69, 9.17) is 35.8 Å². The average Bonchev–Trinajstić information content (AvgIpc) is 3.80. The predicted molar refractivity (Wildman–Crippen MR) is 261 cm³/mol. The van der Waals surface area contributed by atoms with E-state index < -0.39 is 0 Å². The van der Waals surface area contributed by atoms with Crippen LogP contribution in [0.5, 0.6) is 0 Å². The smallest absolute Gasteiger partial charge is 0.143 e. The maximum Gasteiger partial charge on any atom is 0.143 e. The molecule has 9 aromatic carbocycles. The van der Waals surface area contributed by atoms with Crippen LogP contribution in [-0.2, 0) is 5.41 Å². The lowest BCUT2D eigenvalue weighted by Crippen LogP contribution is -2.46. The molecule has 0 bridgehead atoms. The quantitative estimate of drug-likeness (QED) is 0.157. The maximum atomic E-state index is 7.22. The third kappa shape index (κ3) is 5.76. The molecule has 0 spiro atoms. The van der Waals surface area contributed by atoms with Crippen LogP contribution in [0, 0.1) is 0 Å². The Morgan fingerprint density at radius 3 is 1.87 bits per heavy atom. The molecule has 61 heavy (non-hydrogen) atoms. The Kier molecular flexibility index (Phi) is 8.58. The second-order valence-electron chi connectivity index (χ2n) is 16.6. The van der Waals surface area contributed by atoms with E-state index in [2.05, 4.69) is 158 Å². The molecule has 11 rings (SSSR count). The van der Waals surface area contributed by atoms with Crippen LogP contribution in [0.2, 0.25) is 0 Å². The minimum atomic E-state index is -0.247. The highest BCUT2D eigenvalue weighted by Crippen LogP contribution is 2.51. The monoisotopic (exact) mass is 769 g/mol. The molecule has 0 fully saturated rings. The zero-order valence-corrected chi connectivity index (χ0v) is 33.9. The summed E-state index contributed by atoms with van der Waals surface area (Å²) in [6, 6.07) is 61.1. The van der Waals surface area contributed by atoms with Crippen LogP contribution >= 0.6 is 0 Å². The Balaban J connectivity index is 1.11. The number of benzene rings is 9. The van der Waals surface area contributed by atoms with Crippen LogP contribution in [0.25, 0.3) is 77.2 Å². The Bertz CT molecular complexity index is 3360. The molecule has 278 valence electrons. The number of nitrogens with zero attached hydrogens (tertiary/aromatic N) is 1. The van der Waals surface area contributed by atoms with Crippen LogP contribution in [0.4, 0.5) is 17.1 Å². The lowest BCUT2D eigenvalue weighted by molar-refractivity contribution is 0.660. The van der Waals surface area contributed by atoms with Crippen molar-refractivity contribution < 1.29 is 4.42 Å². The first-order chi connectivity index (χ1) is 29.7. The highest BCUT2D eigenvalue weighted by atomic mass is 16.3. The van der Waals surface area contributed by atoms with Gasteiger partial charge in [-0.15, -0.1) is 0 Å². The third-order valence-corrected chi connectivity index (χ3v) is 12.8. The van der Waals surface area contributed by atoms with E-state index >= 15 is 0 Å². The van der Waals surface area contributed by atoms with Gasteiger partial charge in [0.15, 0.2) is 0 Å². The van der Waals surface area contributed by atoms with Crippen molar-refractivity contribution in [1.82, 2.24) is 0 Å². The number of fused-ring (bicyclic) bond motifs is 8. The Morgan fingerprint density at radius 2 is 1.07 bits per heavy atom. The molecular formula is C55H35B4NO. The summed E-state index contributed by atoms with van der Waals surface area (Å²) in [5.41, 5.74) is 15.8. The molecule has 0 unspecified atom stereocenters. The van der Waals surface area contributed by atoms with Crippen molar-refractivity contribution in [3.63, 3.8) is 0 Å². The lowest BCUT2D eigenvalue weighted by atomic mass is 9.64. The van der Waals surface area contributed by atoms with E-state index in [0.29, 0.717) is 33.1 Å². The first kappa shape index (κ1) is 37.1. The molecule has 8 radical (unpaired) electrons. The van der Waals surface area contributed by atoms with Gasteiger partial charge in [0.05, 0.1) is 0 Å². The van der Waals surface area contributed by atoms with Crippen molar-refractivity contribution >= 4 is 103 Å². The summed E-state index contributed by atoms with van der Waals surface area (Å²) in [4.78, 5) is 2.11. The van der Waals surface area contributed by atoms with Gasteiger partial charge >= 0.3 is 0 Å². The first-order valence-electron chi connectivity index (χ1n) is 20.6. The topological polar surface area (TPSA) is 16.4 Å². The van der Waals surface area contributed by atoms with Gasteiger partial charge in [0.2, 0.25) is 0 Å². The summed E-state index contributed by atoms with van der Waals surface area (Å²) in [5.74, 6) is 0. The second-order valence-corrected chi connectivity index (χ2v) is 16.6. The van der Waals surface area contributed by atoms with E-state index in [0.717, 1.165) is 71.9 Å². The molecule has 0 amide bonds. The summed E-state index contributed by atoms with van der Waals surface area (Å²) in [7, 11) is 28.6. The molecule has 0 saturated heterocycles. The zero-order chi connectivity index (χ0) is 41.6. The van der Waals surface area contributed by atoms with Crippen LogP contribution in [0.15, 0.2) is 180 Å². The van der Waals surface area contributed by atoms with Crippen LogP contribution in [-0.4, -0.2) is 31.4 Å². The summed E-state index contributed by atoms with van der Waals surface area (Å²) >= 11 is 0. The fraction of sp³-hybridized carbons (Fsp3) is 0.0545. The standard InChI is InChI=1S/C55H35B4NO/c1-55(2)44-20-9-8-18-41(44)42-29-27-38(31-45(42)55)60(53-51(58)49(56)47(50(57)52(53)59)35-24-22-33(23-25-35)32-12-4-3-5-13-32)37-16-10-15-36(30-37)39-19-11-21-46-48(39)43-28-26-34-14-6-7-17-40(34)54(43)61-46/h3-31H,1-2H3. The van der Waals surface area contributed by atoms with Crippen LogP contribution in [0.3, 0.4) is 0 Å². The van der Waals surface area contributed by atoms with Gasteiger partial charge < -0.3 is 9.32 Å². The zero-order valence-electron chi connectivity index (χ0n) is 33.9. The highest BCUT2D eigenvalue weighted by molar-refractivity contribution is 6.63. The highest BCUT2D eigenvalue weighted by Gasteiger charge is 2.36. The van der Waals surface area contributed by atoms with Gasteiger partial charge in [-0.1, -0.05) is 175 Å². The number of hydrogen-bond donors (Lipinski definition) is 0. The van der Waals surface area contributed by atoms with E-state index in [1.165, 1.54) is 22.3 Å². The van der Waals surface area contributed by atoms with Crippen molar-refractivity contribution in [3.8, 4) is 44.5 Å². The van der Waals surface area contributed by atoms with E-state index in [1.54, 1.807) is 0 Å². The molecule has 10 aromatic rings. The van der Waals surface area contributed by atoms with Crippen molar-refractivity contribution in [2.75, 3.05) is 4.90 Å². The molecule has 0 saturated carbocycles. The van der Waals surface area contributed by atoms with Gasteiger partial charge in [0.1, 0.15) is 42.6 Å². The van der Waals surface area contributed by atoms with Crippen molar-refractivity contribution in [2.45, 2.75) is 19.3 Å². The molecule has 0 N–H and O–H groups in total. The van der Waals surface area contributed by atoms with Gasteiger partial charge in [-0.25, -0.2) is 0 Å². The van der Waals surface area contributed by atoms with Crippen molar-refractivity contribution in [2.24, 2.45) is 0 Å². The maximum absolute atomic E-state index is 7.22. The summed E-state index contributed by atoms with van der Waals surface area (Å²) in [6.07, 6.45) is 0. The first-order valence-corrected chi connectivity index (χ1v) is 20.6. The van der Waals surface area contributed by atoms with E-state index in [9.17, 15) is 0 Å². The summed E-state index contributed by atoms with van der Waals surface area (Å²) in [6.45, 7) is 4.56. The number of hydrogen-bond acceptors (Lipinski definition) is 2. The number of rotatable bonds is 6. The fourth-order valence-corrected chi connectivity index (χ4v) is 9.67. The van der Waals surface area contributed by atoms with Crippen molar-refractivity contribution in [3.05, 3.63) is 187 Å². The van der Waals surface area contributed by atoms with Gasteiger partial charge in [-0.3, -0.25) is 0 Å². The fourth-order valence-electron chi connectivity index (χ4n) is 9.67. The second kappa shape index (κ2) is 14.1. The molecule has 1 aliphatic rings. The van der Waals surface area contributed by atoms with Gasteiger partial charge in [0.25, 0.3) is 0 Å². The molecule has 1 aliphatic carbocycles. The minimum absolute atomic E-state index is 0.247. The number of anilines is 3. The molecule has 2 nitrogen and oxygen atoms in total. The molecule has 6 heteroatoms. The molecule has 0 atom stereocenters. The van der Waals surface area contributed by atoms with E-state index in [-0.39, 0.29) is 5.41 Å². The van der Waals surface area contributed by atoms with Gasteiger partial charge in [-0.05, 0) is 97.4 Å². The number of furan rings is 1. The SMILES string of the molecule is [B]c1c([B])c(N(c2cccc(-c3cccc4oc5c6ccccc6ccc5c34)c2)c2ccc3c(c2)C(C)(C)c2ccccc2-3)c([B])c([B])c1-c1ccc(-c2ccccc2)cc1. The Hall–Kier alpha value is -6.90. The molecule has 0 aliphatic heterocycles. The van der Waals surface area contributed by atoms with Gasteiger partial charge in [-0.2, -0.15) is 0 Å². The van der Waals surface area contributed by atoms with E-state index in [1.807, 2.05) is 36.4 Å². The molecule has 1 aromatic heterocycles. The normalized spacial score (nSPS) is 12.8. The Morgan fingerprint density at radius 1 is 0.443 bits per heavy atom. The van der Waals surface area contributed by atoms with Gasteiger partial charge in [0, 0.05) is 38.6 Å². The van der Waals surface area contributed by atoms with Crippen LogP contribution < -0.4 is 26.8 Å². The molecular weight excluding hydrogens is 734 g/mol. The van der Waals surface area contributed by atoms with Crippen LogP contribution in [0.1, 0.15) is 25.0 Å². The lowest BCUT2D eigenvalue weighted by Gasteiger charge is -2.34. The summed E-state index contributed by atoms with van der Waals surface area (Å²) < 4.78 is 6.60. The largest absolute Gasteiger partial charge is 0.455 e. The Labute approximate surface area is 361 Å². The predicted octanol–water partition coefficient (Wildman–Crippen LogP) is 10.7. The third-order valence-electron chi connectivity index (χ3n) is 12.8. The summed E-state index contributed by atoms with van der Waals surface area (Å²) in [5, 5.41) is 4.34.